The van der Waals surface area contributed by atoms with Crippen LogP contribution < -0.4 is 5.32 Å². The van der Waals surface area contributed by atoms with Crippen molar-refractivity contribution in [1.82, 2.24) is 5.32 Å². The van der Waals surface area contributed by atoms with Gasteiger partial charge in [-0.3, -0.25) is 13.8 Å². The zero-order valence-electron chi connectivity index (χ0n) is 39.5. The Morgan fingerprint density at radius 2 is 0.921 bits per heavy atom. The van der Waals surface area contributed by atoms with Gasteiger partial charge in [0.05, 0.1) is 31.3 Å². The van der Waals surface area contributed by atoms with E-state index in [2.05, 4.69) is 43.5 Å². The first kappa shape index (κ1) is 59.8. The Kier molecular flexibility index (Phi) is 36.9. The number of aliphatic hydroxyl groups is 7. The molecule has 8 unspecified atom stereocenters. The molecule has 1 saturated carbocycles. The number of carbonyl (C=O) groups is 1. The molecule has 0 aromatic rings. The first-order chi connectivity index (χ1) is 30.3. The van der Waals surface area contributed by atoms with E-state index in [1.165, 1.54) is 116 Å². The molecule has 372 valence electrons. The average Bonchev–Trinajstić information content (AvgIpc) is 3.26. The van der Waals surface area contributed by atoms with Gasteiger partial charge in [-0.25, -0.2) is 4.57 Å². The van der Waals surface area contributed by atoms with Crippen molar-refractivity contribution in [2.24, 2.45) is 0 Å². The Morgan fingerprint density at radius 3 is 1.38 bits per heavy atom. The second kappa shape index (κ2) is 38.8. The Bertz CT molecular complexity index is 1180. The SMILES string of the molecule is CCCCC/C=C\C=C/CCCCCCC(O)CC(=O)NC(COP(=O)(O)OC1C(O)C(O)C(O)C(O)C1O)C(O)CCCCCCCCCCCCCCCCCCCCCC. The molecule has 0 aliphatic heterocycles. The third-order valence-corrected chi connectivity index (χ3v) is 13.3. The number of phosphoric ester groups is 1. The molecule has 14 heteroatoms. The molecule has 13 nitrogen and oxygen atoms in total. The van der Waals surface area contributed by atoms with Crippen LogP contribution in [0.2, 0.25) is 0 Å². The monoisotopic (exact) mass is 920 g/mol. The quantitative estimate of drug-likeness (QED) is 0.0159. The molecule has 0 saturated heterocycles. The minimum atomic E-state index is -5.12. The summed E-state index contributed by atoms with van der Waals surface area (Å²) >= 11 is 0. The van der Waals surface area contributed by atoms with Gasteiger partial charge < -0.3 is 46.0 Å². The highest BCUT2D eigenvalue weighted by Crippen LogP contribution is 2.47. The molecule has 0 heterocycles. The largest absolute Gasteiger partial charge is 0.472 e. The van der Waals surface area contributed by atoms with E-state index in [4.69, 9.17) is 9.05 Å². The number of amides is 1. The first-order valence-corrected chi connectivity index (χ1v) is 26.9. The molecule has 1 rings (SSSR count). The molecular formula is C49H94NO12P. The lowest BCUT2D eigenvalue weighted by molar-refractivity contribution is -0.220. The van der Waals surface area contributed by atoms with E-state index in [-0.39, 0.29) is 12.8 Å². The number of hydrogen-bond donors (Lipinski definition) is 9. The maximum Gasteiger partial charge on any atom is 0.472 e. The lowest BCUT2D eigenvalue weighted by Gasteiger charge is -2.41. The van der Waals surface area contributed by atoms with Gasteiger partial charge in [0.15, 0.2) is 0 Å². The van der Waals surface area contributed by atoms with Crippen LogP contribution in [0.4, 0.5) is 0 Å². The zero-order chi connectivity index (χ0) is 46.6. The number of allylic oxidation sites excluding steroid dienone is 4. The van der Waals surface area contributed by atoms with Gasteiger partial charge in [0, 0.05) is 0 Å². The number of nitrogens with one attached hydrogen (secondary N) is 1. The summed E-state index contributed by atoms with van der Waals surface area (Å²) in [4.78, 5) is 23.5. The molecular weight excluding hydrogens is 826 g/mol. The molecule has 0 aromatic carbocycles. The van der Waals surface area contributed by atoms with Crippen molar-refractivity contribution in [2.45, 2.75) is 274 Å². The van der Waals surface area contributed by atoms with E-state index >= 15 is 0 Å². The summed E-state index contributed by atoms with van der Waals surface area (Å²) in [5.41, 5.74) is 0. The van der Waals surface area contributed by atoms with Crippen molar-refractivity contribution in [1.29, 1.82) is 0 Å². The van der Waals surface area contributed by atoms with Crippen LogP contribution in [0.3, 0.4) is 0 Å². The Balaban J connectivity index is 2.47. The maximum absolute atomic E-state index is 13.0. The Morgan fingerprint density at radius 1 is 0.556 bits per heavy atom. The van der Waals surface area contributed by atoms with E-state index in [0.717, 1.165) is 64.2 Å². The highest BCUT2D eigenvalue weighted by atomic mass is 31.2. The third kappa shape index (κ3) is 30.6. The summed E-state index contributed by atoms with van der Waals surface area (Å²) in [6, 6.07) is -1.16. The molecule has 1 aliphatic rings. The average molecular weight is 920 g/mol. The van der Waals surface area contributed by atoms with Gasteiger partial charge in [0.1, 0.15) is 36.6 Å². The highest BCUT2D eigenvalue weighted by Gasteiger charge is 2.51. The van der Waals surface area contributed by atoms with E-state index in [9.17, 15) is 50.0 Å². The Hall–Kier alpha value is -1.22. The first-order valence-electron chi connectivity index (χ1n) is 25.4. The molecule has 0 spiro atoms. The van der Waals surface area contributed by atoms with Crippen molar-refractivity contribution in [3.8, 4) is 0 Å². The molecule has 0 radical (unpaired) electrons. The smallest absolute Gasteiger partial charge is 0.393 e. The summed E-state index contributed by atoms with van der Waals surface area (Å²) < 4.78 is 23.0. The van der Waals surface area contributed by atoms with Crippen LogP contribution in [0, 0.1) is 0 Å². The molecule has 1 fully saturated rings. The zero-order valence-corrected chi connectivity index (χ0v) is 40.4. The summed E-state index contributed by atoms with van der Waals surface area (Å²) in [5.74, 6) is -0.571. The van der Waals surface area contributed by atoms with Crippen LogP contribution in [0.15, 0.2) is 24.3 Å². The van der Waals surface area contributed by atoms with Crippen molar-refractivity contribution in [3.63, 3.8) is 0 Å². The van der Waals surface area contributed by atoms with Crippen molar-refractivity contribution < 1.29 is 59.0 Å². The van der Waals surface area contributed by atoms with Crippen LogP contribution in [0.1, 0.15) is 219 Å². The van der Waals surface area contributed by atoms with Gasteiger partial charge in [-0.1, -0.05) is 199 Å². The molecule has 1 amide bonds. The molecule has 0 aromatic heterocycles. The van der Waals surface area contributed by atoms with Gasteiger partial charge in [-0.05, 0) is 38.5 Å². The highest BCUT2D eigenvalue weighted by molar-refractivity contribution is 7.47. The van der Waals surface area contributed by atoms with Gasteiger partial charge in [-0.2, -0.15) is 0 Å². The summed E-state index contributed by atoms with van der Waals surface area (Å²) in [6.45, 7) is 3.77. The fraction of sp³-hybridized carbons (Fsp3) is 0.898. The second-order valence-corrected chi connectivity index (χ2v) is 19.6. The van der Waals surface area contributed by atoms with Crippen LogP contribution in [0.25, 0.3) is 0 Å². The van der Waals surface area contributed by atoms with Crippen molar-refractivity contribution in [3.05, 3.63) is 24.3 Å². The number of rotatable bonds is 42. The van der Waals surface area contributed by atoms with Crippen molar-refractivity contribution >= 4 is 13.7 Å². The number of carbonyl (C=O) groups excluding carboxylic acids is 1. The minimum absolute atomic E-state index is 0.234. The lowest BCUT2D eigenvalue weighted by atomic mass is 9.85. The molecule has 1 aliphatic carbocycles. The van der Waals surface area contributed by atoms with Crippen LogP contribution in [-0.4, -0.2) is 108 Å². The van der Waals surface area contributed by atoms with E-state index < -0.39 is 75.2 Å². The van der Waals surface area contributed by atoms with Crippen LogP contribution in [0.5, 0.6) is 0 Å². The van der Waals surface area contributed by atoms with E-state index in [1.807, 2.05) is 0 Å². The van der Waals surface area contributed by atoms with Crippen molar-refractivity contribution in [2.75, 3.05) is 6.61 Å². The van der Waals surface area contributed by atoms with Crippen LogP contribution in [-0.2, 0) is 18.4 Å². The Labute approximate surface area is 382 Å². The van der Waals surface area contributed by atoms with Gasteiger partial charge in [0.2, 0.25) is 5.91 Å². The second-order valence-electron chi connectivity index (χ2n) is 18.2. The predicted molar refractivity (Wildman–Crippen MR) is 252 cm³/mol. The van der Waals surface area contributed by atoms with E-state index in [1.54, 1.807) is 0 Å². The molecule has 9 N–H and O–H groups in total. The van der Waals surface area contributed by atoms with Gasteiger partial charge in [0.25, 0.3) is 0 Å². The predicted octanol–water partition coefficient (Wildman–Crippen LogP) is 9.15. The van der Waals surface area contributed by atoms with Crippen LogP contribution >= 0.6 is 7.82 Å². The number of phosphoric acid groups is 1. The van der Waals surface area contributed by atoms with Gasteiger partial charge >= 0.3 is 7.82 Å². The standard InChI is InChI=1S/C49H94NO12P/c1-3-5-7-9-11-13-15-17-18-19-20-21-22-23-25-27-29-31-33-35-37-42(52)41(39-61-63(59,60)62-49-47(57)45(55)44(54)46(56)48(49)58)50-43(53)38-40(51)36-34-32-30-28-26-24-16-14-12-10-8-6-4-2/h12,14,16,24,40-42,44-49,51-52,54-58H,3-11,13,15,17-23,25-39H2,1-2H3,(H,50,53)(H,59,60)/b14-12-,24-16-. The third-order valence-electron chi connectivity index (χ3n) is 12.3. The number of hydrogen-bond acceptors (Lipinski definition) is 11. The topological polar surface area (TPSA) is 226 Å². The lowest BCUT2D eigenvalue weighted by Crippen LogP contribution is -2.64. The minimum Gasteiger partial charge on any atom is -0.393 e. The molecule has 63 heavy (non-hydrogen) atoms. The normalized spacial score (nSPS) is 23.0. The summed E-state index contributed by atoms with van der Waals surface area (Å²) in [5, 5.41) is 74.7. The van der Waals surface area contributed by atoms with E-state index in [0.29, 0.717) is 12.8 Å². The molecule has 8 atom stereocenters. The fourth-order valence-electron chi connectivity index (χ4n) is 8.18. The number of unbranched alkanes of at least 4 members (excludes halogenated alkanes) is 26. The maximum atomic E-state index is 13.0. The summed E-state index contributed by atoms with van der Waals surface area (Å²) in [7, 11) is -5.12. The summed E-state index contributed by atoms with van der Waals surface area (Å²) in [6.07, 6.45) is 29.3. The number of aliphatic hydroxyl groups excluding tert-OH is 7. The van der Waals surface area contributed by atoms with Gasteiger partial charge in [-0.15, -0.1) is 0 Å². The fourth-order valence-corrected chi connectivity index (χ4v) is 9.15. The molecule has 0 bridgehead atoms.